The summed E-state index contributed by atoms with van der Waals surface area (Å²) in [7, 11) is 0. The van der Waals surface area contributed by atoms with E-state index in [-0.39, 0.29) is 0 Å². The molecular weight excluding hydrogens is 308 g/mol. The van der Waals surface area contributed by atoms with E-state index in [2.05, 4.69) is 46.3 Å². The lowest BCUT2D eigenvalue weighted by molar-refractivity contribution is 0.511. The number of halogens is 1. The number of hydrogen-bond acceptors (Lipinski definition) is 2. The molecule has 0 aliphatic rings. The van der Waals surface area contributed by atoms with Gasteiger partial charge in [0, 0.05) is 11.1 Å². The van der Waals surface area contributed by atoms with E-state index in [0.29, 0.717) is 0 Å². The van der Waals surface area contributed by atoms with Crippen LogP contribution in [0.2, 0.25) is 0 Å². The van der Waals surface area contributed by atoms with Crippen molar-refractivity contribution < 1.29 is 4.42 Å². The Morgan fingerprint density at radius 3 is 2.44 bits per heavy atom. The third-order valence-electron chi connectivity index (χ3n) is 2.72. The van der Waals surface area contributed by atoms with E-state index in [1.165, 1.54) is 5.56 Å². The van der Waals surface area contributed by atoms with Crippen molar-refractivity contribution in [2.45, 2.75) is 10.8 Å². The van der Waals surface area contributed by atoms with Crippen LogP contribution in [0.1, 0.15) is 5.56 Å². The quantitative estimate of drug-likeness (QED) is 0.592. The van der Waals surface area contributed by atoms with Crippen LogP contribution in [0.3, 0.4) is 0 Å². The second-order valence-corrected chi connectivity index (χ2v) is 5.72. The Balaban J connectivity index is 1.85. The van der Waals surface area contributed by atoms with E-state index >= 15 is 0 Å². The molecule has 1 aromatic heterocycles. The molecule has 3 heteroatoms. The standard InChI is InChI=1S/C15H11BrOS/c16-14-12-8-4-5-9-13(12)17-15(14)18-10-11-6-2-1-3-7-11/h1-9H,10H2. The molecule has 0 saturated carbocycles. The van der Waals surface area contributed by atoms with Crippen LogP contribution in [0.25, 0.3) is 11.0 Å². The maximum atomic E-state index is 5.84. The van der Waals surface area contributed by atoms with Gasteiger partial charge in [-0.2, -0.15) is 0 Å². The molecule has 0 bridgehead atoms. The summed E-state index contributed by atoms with van der Waals surface area (Å²) in [6.07, 6.45) is 0. The van der Waals surface area contributed by atoms with E-state index in [1.807, 2.05) is 24.3 Å². The van der Waals surface area contributed by atoms with Crippen LogP contribution in [0.5, 0.6) is 0 Å². The molecule has 18 heavy (non-hydrogen) atoms. The van der Waals surface area contributed by atoms with Gasteiger partial charge in [-0.05, 0) is 33.6 Å². The van der Waals surface area contributed by atoms with Crippen LogP contribution in [0.15, 0.2) is 68.6 Å². The van der Waals surface area contributed by atoms with Crippen LogP contribution in [0.4, 0.5) is 0 Å². The Hall–Kier alpha value is -1.19. The van der Waals surface area contributed by atoms with Crippen LogP contribution >= 0.6 is 27.7 Å². The van der Waals surface area contributed by atoms with Gasteiger partial charge in [0.1, 0.15) is 5.58 Å². The predicted octanol–water partition coefficient (Wildman–Crippen LogP) is 5.49. The summed E-state index contributed by atoms with van der Waals surface area (Å²) in [5.74, 6) is 0.916. The predicted molar refractivity (Wildman–Crippen MR) is 79.9 cm³/mol. The van der Waals surface area contributed by atoms with Gasteiger partial charge in [-0.3, -0.25) is 0 Å². The van der Waals surface area contributed by atoms with Crippen molar-refractivity contribution in [3.8, 4) is 0 Å². The molecule has 1 heterocycles. The van der Waals surface area contributed by atoms with Crippen LogP contribution in [0, 0.1) is 0 Å². The van der Waals surface area contributed by atoms with Crippen molar-refractivity contribution in [3.63, 3.8) is 0 Å². The number of fused-ring (bicyclic) bond motifs is 1. The minimum atomic E-state index is 0.916. The summed E-state index contributed by atoms with van der Waals surface area (Å²) in [6, 6.07) is 18.5. The molecule has 0 aliphatic carbocycles. The molecule has 0 fully saturated rings. The highest BCUT2D eigenvalue weighted by atomic mass is 79.9. The molecule has 3 rings (SSSR count). The Labute approximate surface area is 118 Å². The Bertz CT molecular complexity index is 661. The highest BCUT2D eigenvalue weighted by Crippen LogP contribution is 2.38. The fourth-order valence-electron chi connectivity index (χ4n) is 1.81. The van der Waals surface area contributed by atoms with Gasteiger partial charge in [0.05, 0.1) is 4.47 Å². The molecule has 0 radical (unpaired) electrons. The minimum absolute atomic E-state index is 0.916. The van der Waals surface area contributed by atoms with Gasteiger partial charge in [-0.25, -0.2) is 0 Å². The first-order valence-corrected chi connectivity index (χ1v) is 7.46. The van der Waals surface area contributed by atoms with E-state index in [1.54, 1.807) is 11.8 Å². The van der Waals surface area contributed by atoms with Gasteiger partial charge in [0.15, 0.2) is 5.09 Å². The topological polar surface area (TPSA) is 13.1 Å². The first-order valence-electron chi connectivity index (χ1n) is 5.68. The molecule has 0 aliphatic heterocycles. The van der Waals surface area contributed by atoms with Crippen molar-refractivity contribution in [2.24, 2.45) is 0 Å². The molecule has 1 nitrogen and oxygen atoms in total. The van der Waals surface area contributed by atoms with Gasteiger partial charge in [0.2, 0.25) is 0 Å². The average molecular weight is 319 g/mol. The highest BCUT2D eigenvalue weighted by molar-refractivity contribution is 9.10. The third-order valence-corrected chi connectivity index (χ3v) is 4.80. The van der Waals surface area contributed by atoms with E-state index in [9.17, 15) is 0 Å². The molecule has 0 spiro atoms. The molecule has 0 atom stereocenters. The van der Waals surface area contributed by atoms with Crippen molar-refractivity contribution in [3.05, 3.63) is 64.6 Å². The number of furan rings is 1. The van der Waals surface area contributed by atoms with Crippen molar-refractivity contribution in [1.82, 2.24) is 0 Å². The number of hydrogen-bond donors (Lipinski definition) is 0. The summed E-state index contributed by atoms with van der Waals surface area (Å²) in [5.41, 5.74) is 2.23. The Kier molecular flexibility index (Phi) is 3.43. The molecule has 90 valence electrons. The second kappa shape index (κ2) is 5.21. The second-order valence-electron chi connectivity index (χ2n) is 3.97. The first-order chi connectivity index (χ1) is 8.84. The number of thioether (sulfide) groups is 1. The molecule has 0 saturated heterocycles. The van der Waals surface area contributed by atoms with Gasteiger partial charge in [-0.1, -0.05) is 54.2 Å². The zero-order valence-corrected chi connectivity index (χ0v) is 12.0. The minimum Gasteiger partial charge on any atom is -0.449 e. The molecule has 2 aromatic carbocycles. The summed E-state index contributed by atoms with van der Waals surface area (Å²) in [6.45, 7) is 0. The maximum Gasteiger partial charge on any atom is 0.176 e. The average Bonchev–Trinajstić information content (AvgIpc) is 2.75. The van der Waals surface area contributed by atoms with Crippen molar-refractivity contribution in [2.75, 3.05) is 0 Å². The summed E-state index contributed by atoms with van der Waals surface area (Å²) < 4.78 is 6.89. The van der Waals surface area contributed by atoms with Crippen molar-refractivity contribution in [1.29, 1.82) is 0 Å². The number of rotatable bonds is 3. The largest absolute Gasteiger partial charge is 0.449 e. The zero-order chi connectivity index (χ0) is 12.4. The monoisotopic (exact) mass is 318 g/mol. The normalized spacial score (nSPS) is 10.9. The van der Waals surface area contributed by atoms with E-state index < -0.39 is 0 Å². The van der Waals surface area contributed by atoms with E-state index in [0.717, 1.165) is 26.3 Å². The van der Waals surface area contributed by atoms with Gasteiger partial charge >= 0.3 is 0 Å². The SMILES string of the molecule is Brc1c(SCc2ccccc2)oc2ccccc12. The van der Waals surface area contributed by atoms with Crippen molar-refractivity contribution >= 4 is 38.7 Å². The smallest absolute Gasteiger partial charge is 0.176 e. The van der Waals surface area contributed by atoms with Crippen LogP contribution in [-0.4, -0.2) is 0 Å². The first kappa shape index (κ1) is 11.9. The fraction of sp³-hybridized carbons (Fsp3) is 0.0667. The van der Waals surface area contributed by atoms with Gasteiger partial charge in [0.25, 0.3) is 0 Å². The third kappa shape index (κ3) is 2.33. The lowest BCUT2D eigenvalue weighted by atomic mass is 10.2. The van der Waals surface area contributed by atoms with Gasteiger partial charge < -0.3 is 4.42 Å². The lowest BCUT2D eigenvalue weighted by Gasteiger charge is -1.98. The summed E-state index contributed by atoms with van der Waals surface area (Å²) in [5, 5.41) is 2.08. The highest BCUT2D eigenvalue weighted by Gasteiger charge is 2.11. The van der Waals surface area contributed by atoms with E-state index in [4.69, 9.17) is 4.42 Å². The van der Waals surface area contributed by atoms with Crippen LogP contribution < -0.4 is 0 Å². The molecule has 0 unspecified atom stereocenters. The zero-order valence-electron chi connectivity index (χ0n) is 9.60. The van der Waals surface area contributed by atoms with Gasteiger partial charge in [-0.15, -0.1) is 0 Å². The number of para-hydroxylation sites is 1. The Morgan fingerprint density at radius 2 is 1.67 bits per heavy atom. The molecular formula is C15H11BrOS. The maximum absolute atomic E-state index is 5.84. The van der Waals surface area contributed by atoms with Crippen LogP contribution in [-0.2, 0) is 5.75 Å². The summed E-state index contributed by atoms with van der Waals surface area (Å²) >= 11 is 5.32. The lowest BCUT2D eigenvalue weighted by Crippen LogP contribution is -1.77. The molecule has 3 aromatic rings. The Morgan fingerprint density at radius 1 is 0.944 bits per heavy atom. The fourth-order valence-corrected chi connectivity index (χ4v) is 3.44. The molecule has 0 N–H and O–H groups in total. The molecule has 0 amide bonds. The number of benzene rings is 2. The summed E-state index contributed by atoms with van der Waals surface area (Å²) in [4.78, 5) is 0.